The summed E-state index contributed by atoms with van der Waals surface area (Å²) in [5, 5.41) is 2.80. The Morgan fingerprint density at radius 1 is 1.18 bits per heavy atom. The van der Waals surface area contributed by atoms with Crippen LogP contribution in [0.25, 0.3) is 0 Å². The average Bonchev–Trinajstić information content (AvgIpc) is 2.66. The van der Waals surface area contributed by atoms with Crippen LogP contribution in [0, 0.1) is 0 Å². The summed E-state index contributed by atoms with van der Waals surface area (Å²) in [4.78, 5) is 12.7. The number of hydrogen-bond acceptors (Lipinski definition) is 4. The zero-order chi connectivity index (χ0) is 20.7. The van der Waals surface area contributed by atoms with Gasteiger partial charge in [-0.25, -0.2) is 8.42 Å². The number of nitrogens with zero attached hydrogens (tertiary/aromatic N) is 1. The quantitative estimate of drug-likeness (QED) is 0.689. The lowest BCUT2D eigenvalue weighted by molar-refractivity contribution is -0.116. The number of amides is 1. The number of sulfonamides is 1. The van der Waals surface area contributed by atoms with Crippen LogP contribution >= 0.6 is 0 Å². The van der Waals surface area contributed by atoms with Crippen LogP contribution in [0.3, 0.4) is 0 Å². The third-order valence-electron chi connectivity index (χ3n) is 4.44. The first-order valence-electron chi connectivity index (χ1n) is 9.29. The molecule has 1 atom stereocenters. The maximum absolute atomic E-state index is 12.7. The van der Waals surface area contributed by atoms with Crippen LogP contribution < -0.4 is 14.4 Å². The molecule has 7 heteroatoms. The predicted octanol–water partition coefficient (Wildman–Crippen LogP) is 3.83. The van der Waals surface area contributed by atoms with Crippen LogP contribution in [-0.2, 0) is 21.2 Å². The second kappa shape index (κ2) is 9.59. The van der Waals surface area contributed by atoms with E-state index >= 15 is 0 Å². The molecule has 0 saturated carbocycles. The molecule has 0 aliphatic carbocycles. The molecule has 0 radical (unpaired) electrons. The Hall–Kier alpha value is -2.54. The molecule has 28 heavy (non-hydrogen) atoms. The second-order valence-corrected chi connectivity index (χ2v) is 8.59. The Kier molecular flexibility index (Phi) is 7.45. The van der Waals surface area contributed by atoms with Crippen molar-refractivity contribution < 1.29 is 17.9 Å². The van der Waals surface area contributed by atoms with E-state index in [0.29, 0.717) is 17.1 Å². The number of aryl methyl sites for hydroxylation is 1. The molecule has 0 aromatic heterocycles. The number of nitrogens with one attached hydrogen (secondary N) is 1. The van der Waals surface area contributed by atoms with Crippen LogP contribution in [0.4, 0.5) is 11.4 Å². The fourth-order valence-corrected chi connectivity index (χ4v) is 4.11. The van der Waals surface area contributed by atoms with Crippen molar-refractivity contribution in [1.29, 1.82) is 0 Å². The predicted molar refractivity (Wildman–Crippen MR) is 113 cm³/mol. The van der Waals surface area contributed by atoms with Gasteiger partial charge in [-0.2, -0.15) is 0 Å². The molecule has 0 aliphatic heterocycles. The highest BCUT2D eigenvalue weighted by atomic mass is 32.2. The van der Waals surface area contributed by atoms with Gasteiger partial charge in [-0.05, 0) is 49.6 Å². The lowest BCUT2D eigenvalue weighted by Gasteiger charge is -2.28. The van der Waals surface area contributed by atoms with E-state index in [0.717, 1.165) is 29.8 Å². The summed E-state index contributed by atoms with van der Waals surface area (Å²) in [6.45, 7) is 3.71. The topological polar surface area (TPSA) is 75.7 Å². The van der Waals surface area contributed by atoms with Crippen molar-refractivity contribution >= 4 is 27.3 Å². The van der Waals surface area contributed by atoms with E-state index in [1.54, 1.807) is 31.2 Å². The van der Waals surface area contributed by atoms with E-state index in [4.69, 9.17) is 4.74 Å². The molecule has 2 rings (SSSR count). The zero-order valence-electron chi connectivity index (χ0n) is 16.8. The first-order valence-corrected chi connectivity index (χ1v) is 11.1. The molecule has 0 fully saturated rings. The van der Waals surface area contributed by atoms with Gasteiger partial charge in [0.25, 0.3) is 0 Å². The van der Waals surface area contributed by atoms with E-state index in [-0.39, 0.29) is 0 Å². The van der Waals surface area contributed by atoms with E-state index in [1.165, 1.54) is 12.7 Å². The van der Waals surface area contributed by atoms with E-state index in [9.17, 15) is 13.2 Å². The van der Waals surface area contributed by atoms with Gasteiger partial charge in [0.05, 0.1) is 19.1 Å². The monoisotopic (exact) mass is 404 g/mol. The molecular weight excluding hydrogens is 376 g/mol. The summed E-state index contributed by atoms with van der Waals surface area (Å²) < 4.78 is 31.0. The Labute approximate surface area is 167 Å². The van der Waals surface area contributed by atoms with Gasteiger partial charge < -0.3 is 10.1 Å². The van der Waals surface area contributed by atoms with Gasteiger partial charge in [-0.1, -0.05) is 31.5 Å². The number of rotatable bonds is 9. The van der Waals surface area contributed by atoms with Gasteiger partial charge in [0.15, 0.2) is 0 Å². The van der Waals surface area contributed by atoms with Gasteiger partial charge in [0, 0.05) is 11.8 Å². The molecule has 0 bridgehead atoms. The van der Waals surface area contributed by atoms with Gasteiger partial charge in [-0.15, -0.1) is 0 Å². The number of hydrogen-bond donors (Lipinski definition) is 1. The summed E-state index contributed by atoms with van der Waals surface area (Å²) >= 11 is 0. The molecule has 1 amide bonds. The number of benzene rings is 2. The summed E-state index contributed by atoms with van der Waals surface area (Å²) in [5.74, 6) is 0.107. The highest BCUT2D eigenvalue weighted by Gasteiger charge is 2.29. The lowest BCUT2D eigenvalue weighted by atomic mass is 10.1. The largest absolute Gasteiger partial charge is 0.497 e. The van der Waals surface area contributed by atoms with Gasteiger partial charge >= 0.3 is 0 Å². The highest BCUT2D eigenvalue weighted by molar-refractivity contribution is 7.92. The first-order chi connectivity index (χ1) is 13.3. The molecule has 6 nitrogen and oxygen atoms in total. The van der Waals surface area contributed by atoms with Crippen LogP contribution in [0.2, 0.25) is 0 Å². The fourth-order valence-electron chi connectivity index (χ4n) is 2.94. The molecule has 0 spiro atoms. The Morgan fingerprint density at radius 2 is 1.86 bits per heavy atom. The second-order valence-electron chi connectivity index (χ2n) is 6.73. The van der Waals surface area contributed by atoms with Crippen molar-refractivity contribution in [3.05, 3.63) is 54.1 Å². The molecule has 1 N–H and O–H groups in total. The number of ether oxygens (including phenoxy) is 1. The summed E-state index contributed by atoms with van der Waals surface area (Å²) in [5.41, 5.74) is 2.22. The Balaban J connectivity index is 2.19. The minimum atomic E-state index is -3.68. The third kappa shape index (κ3) is 5.73. The number of carbonyl (C=O) groups is 1. The summed E-state index contributed by atoms with van der Waals surface area (Å²) in [7, 11) is -2.18. The van der Waals surface area contributed by atoms with Crippen molar-refractivity contribution in [3.63, 3.8) is 0 Å². The van der Waals surface area contributed by atoms with Crippen LogP contribution in [0.1, 0.15) is 32.3 Å². The molecular formula is C21H28N2O4S. The van der Waals surface area contributed by atoms with Crippen molar-refractivity contribution in [2.75, 3.05) is 23.0 Å². The number of methoxy groups -OCH3 is 1. The van der Waals surface area contributed by atoms with Crippen LogP contribution in [0.5, 0.6) is 5.75 Å². The van der Waals surface area contributed by atoms with Gasteiger partial charge in [0.2, 0.25) is 15.9 Å². The molecule has 0 unspecified atom stereocenters. The standard InChI is InChI=1S/C21H28N2O4S/c1-5-6-8-17-11-13-18(14-12-17)22-21(24)16(2)23(28(4,25)26)19-9-7-10-20(15-19)27-3/h7,9-16H,5-6,8H2,1-4H3,(H,22,24)/t16-/m0/s1. The maximum atomic E-state index is 12.7. The molecule has 2 aromatic carbocycles. The van der Waals surface area contributed by atoms with Crippen molar-refractivity contribution in [2.45, 2.75) is 39.2 Å². The van der Waals surface area contributed by atoms with Gasteiger partial charge in [-0.3, -0.25) is 9.10 Å². The number of anilines is 2. The van der Waals surface area contributed by atoms with Crippen LogP contribution in [0.15, 0.2) is 48.5 Å². The van der Waals surface area contributed by atoms with Crippen LogP contribution in [-0.4, -0.2) is 33.7 Å². The van der Waals surface area contributed by atoms with Crippen molar-refractivity contribution in [2.24, 2.45) is 0 Å². The number of carbonyl (C=O) groups excluding carboxylic acids is 1. The molecule has 0 aliphatic rings. The SMILES string of the molecule is CCCCc1ccc(NC(=O)[C@H](C)N(c2cccc(OC)c2)S(C)(=O)=O)cc1. The number of unbranched alkanes of at least 4 members (excludes halogenated alkanes) is 1. The van der Waals surface area contributed by atoms with Crippen molar-refractivity contribution in [1.82, 2.24) is 0 Å². The van der Waals surface area contributed by atoms with Crippen molar-refractivity contribution in [3.8, 4) is 5.75 Å². The minimum absolute atomic E-state index is 0.374. The molecule has 2 aromatic rings. The molecule has 0 heterocycles. The Morgan fingerprint density at radius 3 is 2.43 bits per heavy atom. The lowest BCUT2D eigenvalue weighted by Crippen LogP contribution is -2.45. The first kappa shape index (κ1) is 21.8. The smallest absolute Gasteiger partial charge is 0.247 e. The minimum Gasteiger partial charge on any atom is -0.497 e. The molecule has 0 saturated heterocycles. The van der Waals surface area contributed by atoms with Gasteiger partial charge in [0.1, 0.15) is 11.8 Å². The zero-order valence-corrected chi connectivity index (χ0v) is 17.6. The summed E-state index contributed by atoms with van der Waals surface area (Å²) in [6, 6.07) is 13.3. The maximum Gasteiger partial charge on any atom is 0.247 e. The fraction of sp³-hybridized carbons (Fsp3) is 0.381. The van der Waals surface area contributed by atoms with E-state index in [1.807, 2.05) is 24.3 Å². The Bertz CT molecular complexity index is 895. The molecule has 152 valence electrons. The normalized spacial score (nSPS) is 12.3. The average molecular weight is 405 g/mol. The van der Waals surface area contributed by atoms with E-state index < -0.39 is 22.0 Å². The third-order valence-corrected chi connectivity index (χ3v) is 5.68. The highest BCUT2D eigenvalue weighted by Crippen LogP contribution is 2.25. The van der Waals surface area contributed by atoms with E-state index in [2.05, 4.69) is 12.2 Å². The summed E-state index contributed by atoms with van der Waals surface area (Å²) in [6.07, 6.45) is 4.33.